The Balaban J connectivity index is 2.12. The number of methoxy groups -OCH3 is 2. The lowest BCUT2D eigenvalue weighted by molar-refractivity contribution is -0.137. The number of carbonyl (C=O) groups excluding carboxylic acids is 1. The Kier molecular flexibility index (Phi) is 6.33. The van der Waals surface area contributed by atoms with Crippen molar-refractivity contribution in [2.24, 2.45) is 0 Å². The number of rotatable bonds is 9. The maximum absolute atomic E-state index is 12.2. The number of ether oxygens (including phenoxy) is 2. The van der Waals surface area contributed by atoms with E-state index in [1.54, 1.807) is 18.2 Å². The average Bonchev–Trinajstić information content (AvgIpc) is 3.12. The highest BCUT2D eigenvalue weighted by molar-refractivity contribution is 5.78. The number of aryl methyl sites for hydroxylation is 1. The van der Waals surface area contributed by atoms with Crippen molar-refractivity contribution in [1.82, 2.24) is 20.1 Å². The van der Waals surface area contributed by atoms with E-state index in [2.05, 4.69) is 15.4 Å². The van der Waals surface area contributed by atoms with Crippen LogP contribution in [0, 0.1) is 0 Å². The van der Waals surface area contributed by atoms with Gasteiger partial charge in [0, 0.05) is 18.1 Å². The van der Waals surface area contributed by atoms with Crippen LogP contribution in [0.4, 0.5) is 0 Å². The first kappa shape index (κ1) is 18.2. The third kappa shape index (κ3) is 5.20. The van der Waals surface area contributed by atoms with Crippen LogP contribution in [0.3, 0.4) is 0 Å². The van der Waals surface area contributed by atoms with E-state index in [0.717, 1.165) is 0 Å². The summed E-state index contributed by atoms with van der Waals surface area (Å²) in [5.74, 6) is -0.298. The zero-order valence-corrected chi connectivity index (χ0v) is 14.0. The lowest BCUT2D eigenvalue weighted by Crippen LogP contribution is -2.31. The molecule has 9 nitrogen and oxygen atoms in total. The fourth-order valence-electron chi connectivity index (χ4n) is 2.35. The van der Waals surface area contributed by atoms with Gasteiger partial charge in [0.25, 0.3) is 0 Å². The van der Waals surface area contributed by atoms with Crippen molar-refractivity contribution in [3.8, 4) is 11.5 Å². The van der Waals surface area contributed by atoms with Gasteiger partial charge >= 0.3 is 5.97 Å². The van der Waals surface area contributed by atoms with Gasteiger partial charge in [0.15, 0.2) is 0 Å². The molecule has 1 atom stereocenters. The van der Waals surface area contributed by atoms with Crippen LogP contribution in [0.2, 0.25) is 0 Å². The number of carboxylic acid groups (broad SMARTS) is 1. The highest BCUT2D eigenvalue weighted by atomic mass is 16.5. The van der Waals surface area contributed by atoms with E-state index in [1.807, 2.05) is 0 Å². The van der Waals surface area contributed by atoms with Crippen LogP contribution >= 0.6 is 0 Å². The van der Waals surface area contributed by atoms with Crippen molar-refractivity contribution in [3.05, 3.63) is 36.4 Å². The normalized spacial score (nSPS) is 11.6. The van der Waals surface area contributed by atoms with E-state index in [4.69, 9.17) is 14.6 Å². The number of aliphatic carboxylic acids is 1. The average molecular weight is 348 g/mol. The summed E-state index contributed by atoms with van der Waals surface area (Å²) in [5, 5.41) is 15.8. The van der Waals surface area contributed by atoms with Crippen molar-refractivity contribution in [1.29, 1.82) is 0 Å². The molecule has 1 unspecified atom stereocenters. The van der Waals surface area contributed by atoms with E-state index < -0.39 is 12.0 Å². The zero-order chi connectivity index (χ0) is 18.2. The van der Waals surface area contributed by atoms with Crippen LogP contribution in [0.5, 0.6) is 11.5 Å². The molecule has 1 aromatic carbocycles. The Hall–Kier alpha value is -3.10. The second-order valence-electron chi connectivity index (χ2n) is 5.23. The molecular weight excluding hydrogens is 328 g/mol. The van der Waals surface area contributed by atoms with Gasteiger partial charge in [-0.3, -0.25) is 14.3 Å². The molecule has 1 aromatic heterocycles. The van der Waals surface area contributed by atoms with Crippen LogP contribution in [-0.2, 0) is 16.1 Å². The second-order valence-corrected chi connectivity index (χ2v) is 5.23. The lowest BCUT2D eigenvalue weighted by Gasteiger charge is -2.20. The standard InChI is InChI=1S/C16H20N4O5/c1-24-11-3-4-12(14(7-11)25-2)13(8-16(22)23)19-15(21)5-6-20-10-17-9-18-20/h3-4,7,9-10,13H,5-6,8H2,1-2H3,(H,19,21)(H,22,23). The molecule has 0 aliphatic carbocycles. The van der Waals surface area contributed by atoms with Crippen LogP contribution in [0.1, 0.15) is 24.4 Å². The van der Waals surface area contributed by atoms with Crippen LogP contribution in [-0.4, -0.2) is 46.0 Å². The smallest absolute Gasteiger partial charge is 0.305 e. The molecule has 2 aromatic rings. The maximum Gasteiger partial charge on any atom is 0.305 e. The molecule has 0 aliphatic rings. The first-order valence-electron chi connectivity index (χ1n) is 7.59. The van der Waals surface area contributed by atoms with Crippen LogP contribution in [0.25, 0.3) is 0 Å². The minimum absolute atomic E-state index is 0.151. The third-order valence-corrected chi connectivity index (χ3v) is 3.56. The molecule has 1 heterocycles. The molecule has 1 amide bonds. The Labute approximate surface area is 144 Å². The molecule has 2 rings (SSSR count). The van der Waals surface area contributed by atoms with Crippen molar-refractivity contribution in [3.63, 3.8) is 0 Å². The van der Waals surface area contributed by atoms with Gasteiger partial charge in [0.05, 0.1) is 33.2 Å². The Morgan fingerprint density at radius 3 is 2.72 bits per heavy atom. The summed E-state index contributed by atoms with van der Waals surface area (Å²) in [6, 6.07) is 4.30. The summed E-state index contributed by atoms with van der Waals surface area (Å²) in [6.07, 6.45) is 2.78. The number of carboxylic acids is 1. The van der Waals surface area contributed by atoms with E-state index in [-0.39, 0.29) is 18.7 Å². The van der Waals surface area contributed by atoms with E-state index >= 15 is 0 Å². The molecule has 25 heavy (non-hydrogen) atoms. The topological polar surface area (TPSA) is 116 Å². The third-order valence-electron chi connectivity index (χ3n) is 3.56. The van der Waals surface area contributed by atoms with E-state index in [0.29, 0.717) is 23.6 Å². The van der Waals surface area contributed by atoms with Gasteiger partial charge in [0.2, 0.25) is 5.91 Å². The Morgan fingerprint density at radius 2 is 2.12 bits per heavy atom. The number of aromatic nitrogens is 3. The summed E-state index contributed by atoms with van der Waals surface area (Å²) < 4.78 is 12.0. The molecule has 0 spiro atoms. The minimum Gasteiger partial charge on any atom is -0.497 e. The van der Waals surface area contributed by atoms with Gasteiger partial charge in [-0.25, -0.2) is 4.98 Å². The van der Waals surface area contributed by atoms with Crippen LogP contribution in [0.15, 0.2) is 30.9 Å². The fraction of sp³-hybridized carbons (Fsp3) is 0.375. The molecule has 134 valence electrons. The molecule has 0 saturated carbocycles. The number of nitrogens with zero attached hydrogens (tertiary/aromatic N) is 3. The highest BCUT2D eigenvalue weighted by Crippen LogP contribution is 2.31. The summed E-state index contributed by atoms with van der Waals surface area (Å²) in [4.78, 5) is 27.2. The number of benzene rings is 1. The summed E-state index contributed by atoms with van der Waals surface area (Å²) in [5.41, 5.74) is 0.569. The van der Waals surface area contributed by atoms with E-state index in [1.165, 1.54) is 31.6 Å². The number of amides is 1. The quantitative estimate of drug-likeness (QED) is 0.695. The van der Waals surface area contributed by atoms with Gasteiger partial charge in [-0.2, -0.15) is 5.10 Å². The Bertz CT molecular complexity index is 717. The fourth-order valence-corrected chi connectivity index (χ4v) is 2.35. The Morgan fingerprint density at radius 1 is 1.32 bits per heavy atom. The van der Waals surface area contributed by atoms with Crippen molar-refractivity contribution in [2.45, 2.75) is 25.4 Å². The van der Waals surface area contributed by atoms with Gasteiger partial charge in [-0.1, -0.05) is 0 Å². The minimum atomic E-state index is -1.03. The summed E-state index contributed by atoms with van der Waals surface area (Å²) in [7, 11) is 3.00. The maximum atomic E-state index is 12.2. The van der Waals surface area contributed by atoms with Crippen LogP contribution < -0.4 is 14.8 Å². The number of nitrogens with one attached hydrogen (secondary N) is 1. The molecule has 0 fully saturated rings. The second kappa shape index (κ2) is 8.67. The molecule has 2 N–H and O–H groups in total. The lowest BCUT2D eigenvalue weighted by atomic mass is 10.0. The highest BCUT2D eigenvalue weighted by Gasteiger charge is 2.22. The summed E-state index contributed by atoms with van der Waals surface area (Å²) >= 11 is 0. The molecule has 0 radical (unpaired) electrons. The zero-order valence-electron chi connectivity index (χ0n) is 14.0. The largest absolute Gasteiger partial charge is 0.497 e. The van der Waals surface area contributed by atoms with Crippen molar-refractivity contribution in [2.75, 3.05) is 14.2 Å². The molecule has 0 bridgehead atoms. The summed E-state index contributed by atoms with van der Waals surface area (Å²) in [6.45, 7) is 0.353. The molecular formula is C16H20N4O5. The van der Waals surface area contributed by atoms with Gasteiger partial charge < -0.3 is 19.9 Å². The number of hydrogen-bond donors (Lipinski definition) is 2. The first-order chi connectivity index (χ1) is 12.0. The van der Waals surface area contributed by atoms with Gasteiger partial charge in [-0.15, -0.1) is 0 Å². The van der Waals surface area contributed by atoms with Crippen molar-refractivity contribution >= 4 is 11.9 Å². The predicted octanol–water partition coefficient (Wildman–Crippen LogP) is 1.02. The first-order valence-corrected chi connectivity index (χ1v) is 7.59. The SMILES string of the molecule is COc1ccc(C(CC(=O)O)NC(=O)CCn2cncn2)c(OC)c1. The molecule has 0 saturated heterocycles. The number of hydrogen-bond acceptors (Lipinski definition) is 6. The molecule has 9 heteroatoms. The van der Waals surface area contributed by atoms with E-state index in [9.17, 15) is 9.59 Å². The van der Waals surface area contributed by atoms with Crippen molar-refractivity contribution < 1.29 is 24.2 Å². The van der Waals surface area contributed by atoms with Gasteiger partial charge in [0.1, 0.15) is 24.2 Å². The van der Waals surface area contributed by atoms with Gasteiger partial charge in [-0.05, 0) is 12.1 Å². The number of carbonyl (C=O) groups is 2. The predicted molar refractivity (Wildman–Crippen MR) is 87.3 cm³/mol. The molecule has 0 aliphatic heterocycles. The monoisotopic (exact) mass is 348 g/mol.